The van der Waals surface area contributed by atoms with E-state index in [9.17, 15) is 9.59 Å². The number of likely N-dealkylation sites (tertiary alicyclic amines) is 1. The van der Waals surface area contributed by atoms with E-state index in [0.29, 0.717) is 11.3 Å². The van der Waals surface area contributed by atoms with E-state index in [1.54, 1.807) is 6.07 Å². The molecule has 2 amide bonds. The van der Waals surface area contributed by atoms with Gasteiger partial charge in [0.15, 0.2) is 0 Å². The number of amides is 2. The highest BCUT2D eigenvalue weighted by atomic mass is 32.2. The first-order valence-corrected chi connectivity index (χ1v) is 11.8. The molecule has 154 valence electrons. The highest BCUT2D eigenvalue weighted by Gasteiger charge is 2.27. The van der Waals surface area contributed by atoms with Crippen molar-refractivity contribution < 1.29 is 9.59 Å². The molecule has 0 aromatic heterocycles. The molecular formula is C22H33N3O2S. The zero-order chi connectivity index (χ0) is 19.9. The number of nitrogens with one attached hydrogen (secondary N) is 2. The van der Waals surface area contributed by atoms with Gasteiger partial charge in [0.25, 0.3) is 5.91 Å². The topological polar surface area (TPSA) is 61.4 Å². The van der Waals surface area contributed by atoms with Gasteiger partial charge in [0.1, 0.15) is 0 Å². The maximum absolute atomic E-state index is 12.7. The lowest BCUT2D eigenvalue weighted by Gasteiger charge is -2.39. The van der Waals surface area contributed by atoms with E-state index in [2.05, 4.69) is 27.3 Å². The Kier molecular flexibility index (Phi) is 7.80. The number of hydrogen-bond donors (Lipinski definition) is 2. The first-order valence-electron chi connectivity index (χ1n) is 10.6. The summed E-state index contributed by atoms with van der Waals surface area (Å²) in [5.74, 6) is 2.47. The van der Waals surface area contributed by atoms with Crippen LogP contribution in [0.25, 0.3) is 0 Å². The molecule has 6 heteroatoms. The van der Waals surface area contributed by atoms with Gasteiger partial charge in [-0.1, -0.05) is 19.9 Å². The fourth-order valence-electron chi connectivity index (χ4n) is 3.92. The molecule has 0 radical (unpaired) electrons. The Morgan fingerprint density at radius 3 is 2.57 bits per heavy atom. The SMILES string of the molecule is CCC(C)C(=O)Nc1cccc(C(=O)NC2CCN(C3CCSCC3)CC2)c1. The van der Waals surface area contributed by atoms with E-state index in [4.69, 9.17) is 0 Å². The van der Waals surface area contributed by atoms with Gasteiger partial charge in [0.05, 0.1) is 0 Å². The zero-order valence-corrected chi connectivity index (χ0v) is 17.9. The molecule has 3 rings (SSSR count). The molecule has 1 aromatic carbocycles. The van der Waals surface area contributed by atoms with E-state index < -0.39 is 0 Å². The van der Waals surface area contributed by atoms with Crippen molar-refractivity contribution in [3.63, 3.8) is 0 Å². The number of rotatable bonds is 6. The maximum atomic E-state index is 12.7. The predicted molar refractivity (Wildman–Crippen MR) is 117 cm³/mol. The second-order valence-corrected chi connectivity index (χ2v) is 9.23. The fourth-order valence-corrected chi connectivity index (χ4v) is 5.00. The monoisotopic (exact) mass is 403 g/mol. The first-order chi connectivity index (χ1) is 13.6. The summed E-state index contributed by atoms with van der Waals surface area (Å²) in [4.78, 5) is 27.4. The molecule has 0 spiro atoms. The molecule has 0 bridgehead atoms. The van der Waals surface area contributed by atoms with Crippen LogP contribution in [0.5, 0.6) is 0 Å². The van der Waals surface area contributed by atoms with Gasteiger partial charge in [0.2, 0.25) is 5.91 Å². The third-order valence-corrected chi connectivity index (χ3v) is 7.07. The second-order valence-electron chi connectivity index (χ2n) is 8.01. The lowest BCUT2D eigenvalue weighted by molar-refractivity contribution is -0.119. The van der Waals surface area contributed by atoms with Crippen molar-refractivity contribution in [3.8, 4) is 0 Å². The molecule has 2 aliphatic rings. The lowest BCUT2D eigenvalue weighted by Crippen LogP contribution is -2.48. The number of benzene rings is 1. The highest BCUT2D eigenvalue weighted by Crippen LogP contribution is 2.24. The van der Waals surface area contributed by atoms with Crippen molar-refractivity contribution >= 4 is 29.3 Å². The van der Waals surface area contributed by atoms with Crippen LogP contribution < -0.4 is 10.6 Å². The van der Waals surface area contributed by atoms with E-state index in [1.807, 2.05) is 32.0 Å². The van der Waals surface area contributed by atoms with Gasteiger partial charge in [-0.05, 0) is 61.8 Å². The van der Waals surface area contributed by atoms with Crippen molar-refractivity contribution in [1.29, 1.82) is 0 Å². The quantitative estimate of drug-likeness (QED) is 0.759. The zero-order valence-electron chi connectivity index (χ0n) is 17.1. The average Bonchev–Trinajstić information content (AvgIpc) is 2.74. The highest BCUT2D eigenvalue weighted by molar-refractivity contribution is 7.99. The maximum Gasteiger partial charge on any atom is 0.251 e. The van der Waals surface area contributed by atoms with Gasteiger partial charge in [-0.2, -0.15) is 11.8 Å². The van der Waals surface area contributed by atoms with Gasteiger partial charge < -0.3 is 15.5 Å². The summed E-state index contributed by atoms with van der Waals surface area (Å²) in [6.07, 6.45) is 5.43. The Morgan fingerprint density at radius 1 is 1.18 bits per heavy atom. The summed E-state index contributed by atoms with van der Waals surface area (Å²) in [6, 6.07) is 8.21. The van der Waals surface area contributed by atoms with Crippen LogP contribution in [0.15, 0.2) is 24.3 Å². The summed E-state index contributed by atoms with van der Waals surface area (Å²) in [5, 5.41) is 6.10. The number of carbonyl (C=O) groups excluding carboxylic acids is 2. The largest absolute Gasteiger partial charge is 0.349 e. The Labute approximate surface area is 173 Å². The predicted octanol–water partition coefficient (Wildman–Crippen LogP) is 3.76. The summed E-state index contributed by atoms with van der Waals surface area (Å²) in [5.41, 5.74) is 1.29. The minimum absolute atomic E-state index is 0.00598. The normalized spacial score (nSPS) is 20.5. The minimum Gasteiger partial charge on any atom is -0.349 e. The Morgan fingerprint density at radius 2 is 1.89 bits per heavy atom. The Balaban J connectivity index is 1.50. The molecule has 2 fully saturated rings. The van der Waals surface area contributed by atoms with Crippen LogP contribution >= 0.6 is 11.8 Å². The van der Waals surface area contributed by atoms with Crippen molar-refractivity contribution in [2.45, 2.75) is 58.0 Å². The van der Waals surface area contributed by atoms with E-state index in [-0.39, 0.29) is 23.8 Å². The lowest BCUT2D eigenvalue weighted by atomic mass is 10.0. The molecule has 0 aliphatic carbocycles. The summed E-state index contributed by atoms with van der Waals surface area (Å²) in [6.45, 7) is 6.05. The summed E-state index contributed by atoms with van der Waals surface area (Å²) < 4.78 is 0. The molecule has 5 nitrogen and oxygen atoms in total. The average molecular weight is 404 g/mol. The van der Waals surface area contributed by atoms with Crippen molar-refractivity contribution in [3.05, 3.63) is 29.8 Å². The van der Waals surface area contributed by atoms with Crippen LogP contribution in [0.1, 0.15) is 56.3 Å². The number of nitrogens with zero attached hydrogens (tertiary/aromatic N) is 1. The van der Waals surface area contributed by atoms with Gasteiger partial charge in [-0.25, -0.2) is 0 Å². The van der Waals surface area contributed by atoms with Crippen molar-refractivity contribution in [2.75, 3.05) is 29.9 Å². The molecule has 2 N–H and O–H groups in total. The molecule has 1 atom stereocenters. The minimum atomic E-state index is -0.0489. The van der Waals surface area contributed by atoms with Gasteiger partial charge in [-0.3, -0.25) is 9.59 Å². The molecule has 1 aromatic rings. The van der Waals surface area contributed by atoms with Crippen LogP contribution in [-0.4, -0.2) is 53.4 Å². The number of carbonyl (C=O) groups is 2. The molecule has 0 saturated carbocycles. The second kappa shape index (κ2) is 10.3. The van der Waals surface area contributed by atoms with Crippen LogP contribution in [0, 0.1) is 5.92 Å². The number of hydrogen-bond acceptors (Lipinski definition) is 4. The van der Waals surface area contributed by atoms with Crippen LogP contribution in [-0.2, 0) is 4.79 Å². The summed E-state index contributed by atoms with van der Waals surface area (Å²) in [7, 11) is 0. The van der Waals surface area contributed by atoms with Crippen molar-refractivity contribution in [2.24, 2.45) is 5.92 Å². The van der Waals surface area contributed by atoms with E-state index in [1.165, 1.54) is 24.3 Å². The van der Waals surface area contributed by atoms with E-state index >= 15 is 0 Å². The van der Waals surface area contributed by atoms with Crippen LogP contribution in [0.3, 0.4) is 0 Å². The van der Waals surface area contributed by atoms with Gasteiger partial charge in [-0.15, -0.1) is 0 Å². The molecule has 1 unspecified atom stereocenters. The molecule has 2 aliphatic heterocycles. The standard InChI is InChI=1S/C22H33N3O2S/c1-3-16(2)21(26)24-19-6-4-5-17(15-19)22(27)23-18-7-11-25(12-8-18)20-9-13-28-14-10-20/h4-6,15-16,18,20H,3,7-14H2,1-2H3,(H,23,27)(H,24,26). The van der Waals surface area contributed by atoms with Crippen molar-refractivity contribution in [1.82, 2.24) is 10.2 Å². The van der Waals surface area contributed by atoms with Gasteiger partial charge >= 0.3 is 0 Å². The fraction of sp³-hybridized carbons (Fsp3) is 0.636. The van der Waals surface area contributed by atoms with Crippen LogP contribution in [0.4, 0.5) is 5.69 Å². The third kappa shape index (κ3) is 5.74. The number of piperidine rings is 1. The van der Waals surface area contributed by atoms with Gasteiger partial charge in [0, 0.05) is 42.3 Å². The Hall–Kier alpha value is -1.53. The first kappa shape index (κ1) is 21.2. The molecule has 2 saturated heterocycles. The Bertz CT molecular complexity index is 668. The van der Waals surface area contributed by atoms with Crippen LogP contribution in [0.2, 0.25) is 0 Å². The smallest absolute Gasteiger partial charge is 0.251 e. The summed E-state index contributed by atoms with van der Waals surface area (Å²) >= 11 is 2.07. The number of thioether (sulfide) groups is 1. The van der Waals surface area contributed by atoms with E-state index in [0.717, 1.165) is 38.4 Å². The molecule has 28 heavy (non-hydrogen) atoms. The third-order valence-electron chi connectivity index (χ3n) is 6.02. The number of anilines is 1. The molecule has 2 heterocycles. The molecular weight excluding hydrogens is 370 g/mol.